The van der Waals surface area contributed by atoms with E-state index in [0.717, 1.165) is 17.7 Å². The molecule has 0 spiro atoms. The predicted octanol–water partition coefficient (Wildman–Crippen LogP) is 2.35. The summed E-state index contributed by atoms with van der Waals surface area (Å²) in [7, 11) is 0. The fourth-order valence-corrected chi connectivity index (χ4v) is 2.54. The number of aryl methyl sites for hydroxylation is 1. The first-order valence-electron chi connectivity index (χ1n) is 7.60. The van der Waals surface area contributed by atoms with Crippen LogP contribution in [0.5, 0.6) is 0 Å². The van der Waals surface area contributed by atoms with Gasteiger partial charge in [0.05, 0.1) is 19.3 Å². The zero-order valence-corrected chi connectivity index (χ0v) is 13.1. The molecule has 1 atom stereocenters. The minimum atomic E-state index is -0.00970. The molecule has 1 fully saturated rings. The Morgan fingerprint density at radius 2 is 2.33 bits per heavy atom. The van der Waals surface area contributed by atoms with E-state index in [4.69, 9.17) is 4.74 Å². The molecule has 2 heterocycles. The number of ether oxygens (including phenoxy) is 1. The summed E-state index contributed by atoms with van der Waals surface area (Å²) >= 11 is 0. The van der Waals surface area contributed by atoms with Crippen LogP contribution in [0.2, 0.25) is 0 Å². The van der Waals surface area contributed by atoms with Crippen molar-refractivity contribution < 1.29 is 9.53 Å². The number of nitrogens with zero attached hydrogens (tertiary/aromatic N) is 2. The highest BCUT2D eigenvalue weighted by Crippen LogP contribution is 2.15. The fraction of sp³-hybridized carbons (Fsp3) is 0.625. The lowest BCUT2D eigenvalue weighted by atomic mass is 10.0. The van der Waals surface area contributed by atoms with Gasteiger partial charge in [0, 0.05) is 25.0 Å². The van der Waals surface area contributed by atoms with Crippen molar-refractivity contribution in [3.8, 4) is 0 Å². The molecule has 1 saturated heterocycles. The fourth-order valence-electron chi connectivity index (χ4n) is 2.54. The molecule has 1 aromatic heterocycles. The number of carbonyl (C=O) groups excluding carboxylic acids is 1. The third-order valence-corrected chi connectivity index (χ3v) is 3.65. The van der Waals surface area contributed by atoms with Crippen molar-refractivity contribution in [1.82, 2.24) is 15.2 Å². The zero-order chi connectivity index (χ0) is 15.2. The summed E-state index contributed by atoms with van der Waals surface area (Å²) in [5.41, 5.74) is 2.00. The summed E-state index contributed by atoms with van der Waals surface area (Å²) in [5.74, 6) is 0.549. The van der Waals surface area contributed by atoms with Crippen LogP contribution < -0.4 is 5.32 Å². The number of nitrogens with one attached hydrogen (secondary N) is 1. The summed E-state index contributed by atoms with van der Waals surface area (Å²) in [4.78, 5) is 18.5. The SMILES string of the molecule is Cc1ccc(CNC(=O)N2CCOC[C@H]2CC(C)C)cn1. The van der Waals surface area contributed by atoms with Gasteiger partial charge in [0.1, 0.15) is 0 Å². The van der Waals surface area contributed by atoms with Gasteiger partial charge in [0.15, 0.2) is 0 Å². The van der Waals surface area contributed by atoms with Gasteiger partial charge >= 0.3 is 6.03 Å². The molecule has 1 aliphatic rings. The van der Waals surface area contributed by atoms with E-state index in [2.05, 4.69) is 24.1 Å². The maximum Gasteiger partial charge on any atom is 0.318 e. The van der Waals surface area contributed by atoms with Gasteiger partial charge in [0.25, 0.3) is 0 Å². The quantitative estimate of drug-likeness (QED) is 0.926. The highest BCUT2D eigenvalue weighted by Gasteiger charge is 2.27. The molecule has 1 aliphatic heterocycles. The van der Waals surface area contributed by atoms with E-state index in [-0.39, 0.29) is 12.1 Å². The molecule has 0 bridgehead atoms. The first kappa shape index (κ1) is 15.8. The van der Waals surface area contributed by atoms with E-state index in [9.17, 15) is 4.79 Å². The Morgan fingerprint density at radius 1 is 1.52 bits per heavy atom. The van der Waals surface area contributed by atoms with Crippen LogP contribution >= 0.6 is 0 Å². The van der Waals surface area contributed by atoms with Gasteiger partial charge in [-0.05, 0) is 30.9 Å². The molecular formula is C16H25N3O2. The molecule has 0 saturated carbocycles. The standard InChI is InChI=1S/C16H25N3O2/c1-12(2)8-15-11-21-7-6-19(15)16(20)18-10-14-5-4-13(3)17-9-14/h4-5,9,12,15H,6-8,10-11H2,1-3H3,(H,18,20)/t15-/m1/s1. The number of hydrogen-bond acceptors (Lipinski definition) is 3. The van der Waals surface area contributed by atoms with Gasteiger partial charge in [-0.25, -0.2) is 4.79 Å². The van der Waals surface area contributed by atoms with Crippen LogP contribution in [0.1, 0.15) is 31.5 Å². The monoisotopic (exact) mass is 291 g/mol. The molecule has 2 rings (SSSR count). The van der Waals surface area contributed by atoms with Crippen molar-refractivity contribution in [2.24, 2.45) is 5.92 Å². The minimum Gasteiger partial charge on any atom is -0.377 e. The molecule has 0 radical (unpaired) electrons. The Balaban J connectivity index is 1.89. The van der Waals surface area contributed by atoms with Crippen LogP contribution in [-0.4, -0.2) is 41.7 Å². The molecule has 116 valence electrons. The molecule has 2 amide bonds. The average Bonchev–Trinajstić information content (AvgIpc) is 2.46. The number of urea groups is 1. The van der Waals surface area contributed by atoms with Crippen LogP contribution in [0.25, 0.3) is 0 Å². The van der Waals surface area contributed by atoms with E-state index < -0.39 is 0 Å². The van der Waals surface area contributed by atoms with Gasteiger partial charge in [0.2, 0.25) is 0 Å². The van der Waals surface area contributed by atoms with Crippen LogP contribution in [0.15, 0.2) is 18.3 Å². The summed E-state index contributed by atoms with van der Waals surface area (Å²) in [6, 6.07) is 4.12. The van der Waals surface area contributed by atoms with Gasteiger partial charge in [-0.15, -0.1) is 0 Å². The minimum absolute atomic E-state index is 0.00970. The lowest BCUT2D eigenvalue weighted by molar-refractivity contribution is 0.00551. The predicted molar refractivity (Wildman–Crippen MR) is 82.0 cm³/mol. The summed E-state index contributed by atoms with van der Waals surface area (Å²) < 4.78 is 5.51. The number of aromatic nitrogens is 1. The van der Waals surface area contributed by atoms with Gasteiger partial charge in [-0.2, -0.15) is 0 Å². The number of morpholine rings is 1. The normalized spacial score (nSPS) is 18.9. The van der Waals surface area contributed by atoms with E-state index in [1.54, 1.807) is 6.20 Å². The first-order valence-corrected chi connectivity index (χ1v) is 7.60. The zero-order valence-electron chi connectivity index (χ0n) is 13.1. The third kappa shape index (κ3) is 4.70. The molecule has 5 heteroatoms. The second-order valence-electron chi connectivity index (χ2n) is 6.02. The van der Waals surface area contributed by atoms with Crippen molar-refractivity contribution in [2.45, 2.75) is 39.8 Å². The summed E-state index contributed by atoms with van der Waals surface area (Å²) in [6.45, 7) is 8.72. The van der Waals surface area contributed by atoms with Crippen molar-refractivity contribution in [1.29, 1.82) is 0 Å². The third-order valence-electron chi connectivity index (χ3n) is 3.65. The van der Waals surface area contributed by atoms with E-state index >= 15 is 0 Å². The lowest BCUT2D eigenvalue weighted by Crippen LogP contribution is -2.52. The second kappa shape index (κ2) is 7.41. The van der Waals surface area contributed by atoms with Crippen LogP contribution in [0.4, 0.5) is 4.79 Å². The second-order valence-corrected chi connectivity index (χ2v) is 6.02. The van der Waals surface area contributed by atoms with E-state index in [0.29, 0.717) is 32.2 Å². The maximum atomic E-state index is 12.4. The highest BCUT2D eigenvalue weighted by atomic mass is 16.5. The Labute approximate surface area is 126 Å². The Kier molecular flexibility index (Phi) is 5.56. The smallest absolute Gasteiger partial charge is 0.318 e. The van der Waals surface area contributed by atoms with Crippen LogP contribution in [0, 0.1) is 12.8 Å². The van der Waals surface area contributed by atoms with Crippen molar-refractivity contribution >= 4 is 6.03 Å². The summed E-state index contributed by atoms with van der Waals surface area (Å²) in [5, 5.41) is 2.98. The molecule has 21 heavy (non-hydrogen) atoms. The molecular weight excluding hydrogens is 266 g/mol. The lowest BCUT2D eigenvalue weighted by Gasteiger charge is -2.36. The largest absolute Gasteiger partial charge is 0.377 e. The molecule has 0 unspecified atom stereocenters. The van der Waals surface area contributed by atoms with Crippen LogP contribution in [0.3, 0.4) is 0 Å². The number of rotatable bonds is 4. The molecule has 0 aromatic carbocycles. The number of amides is 2. The number of pyridine rings is 1. The van der Waals surface area contributed by atoms with Crippen molar-refractivity contribution in [3.05, 3.63) is 29.6 Å². The summed E-state index contributed by atoms with van der Waals surface area (Å²) in [6.07, 6.45) is 2.78. The maximum absolute atomic E-state index is 12.4. The van der Waals surface area contributed by atoms with E-state index in [1.807, 2.05) is 24.0 Å². The first-order chi connectivity index (χ1) is 10.1. The van der Waals surface area contributed by atoms with Gasteiger partial charge < -0.3 is 15.0 Å². The topological polar surface area (TPSA) is 54.5 Å². The van der Waals surface area contributed by atoms with E-state index in [1.165, 1.54) is 0 Å². The van der Waals surface area contributed by atoms with Crippen molar-refractivity contribution in [2.75, 3.05) is 19.8 Å². The van der Waals surface area contributed by atoms with Gasteiger partial charge in [-0.1, -0.05) is 19.9 Å². The number of hydrogen-bond donors (Lipinski definition) is 1. The Bertz CT molecular complexity index is 459. The van der Waals surface area contributed by atoms with Gasteiger partial charge in [-0.3, -0.25) is 4.98 Å². The van der Waals surface area contributed by atoms with Crippen molar-refractivity contribution in [3.63, 3.8) is 0 Å². The molecule has 1 N–H and O–H groups in total. The molecule has 5 nitrogen and oxygen atoms in total. The highest BCUT2D eigenvalue weighted by molar-refractivity contribution is 5.74. The average molecular weight is 291 g/mol. The Hall–Kier alpha value is -1.62. The Morgan fingerprint density at radius 3 is 3.00 bits per heavy atom. The molecule has 1 aromatic rings. The molecule has 0 aliphatic carbocycles. The number of carbonyl (C=O) groups is 1. The van der Waals surface area contributed by atoms with Crippen LogP contribution in [-0.2, 0) is 11.3 Å².